The fourth-order valence-corrected chi connectivity index (χ4v) is 1.67. The maximum Gasteiger partial charge on any atom is 0.0759 e. The second-order valence-corrected chi connectivity index (χ2v) is 3.90. The van der Waals surface area contributed by atoms with Gasteiger partial charge in [-0.2, -0.15) is 0 Å². The van der Waals surface area contributed by atoms with Crippen LogP contribution in [-0.4, -0.2) is 12.7 Å². The predicted molar refractivity (Wildman–Crippen MR) is 59.5 cm³/mol. The van der Waals surface area contributed by atoms with E-state index < -0.39 is 0 Å². The molecule has 1 nitrogen and oxygen atoms in total. The van der Waals surface area contributed by atoms with Gasteiger partial charge in [0, 0.05) is 11.6 Å². The Morgan fingerprint density at radius 3 is 2.71 bits per heavy atom. The van der Waals surface area contributed by atoms with Crippen LogP contribution in [-0.2, 0) is 4.74 Å². The molecule has 0 spiro atoms. The van der Waals surface area contributed by atoms with Crippen molar-refractivity contribution in [2.45, 2.75) is 18.9 Å². The van der Waals surface area contributed by atoms with Crippen LogP contribution >= 0.6 is 11.6 Å². The summed E-state index contributed by atoms with van der Waals surface area (Å²) in [5.74, 6) is 0. The van der Waals surface area contributed by atoms with Gasteiger partial charge in [0.05, 0.1) is 6.10 Å². The van der Waals surface area contributed by atoms with Crippen molar-refractivity contribution in [2.24, 2.45) is 0 Å². The van der Waals surface area contributed by atoms with Gasteiger partial charge in [-0.1, -0.05) is 35.9 Å². The fourth-order valence-electron chi connectivity index (χ4n) is 1.55. The number of ether oxygens (including phenoxy) is 1. The maximum absolute atomic E-state index is 5.79. The van der Waals surface area contributed by atoms with Gasteiger partial charge in [0.1, 0.15) is 0 Å². The Balaban J connectivity index is 1.99. The molecule has 74 valence electrons. The van der Waals surface area contributed by atoms with Crippen molar-refractivity contribution in [3.05, 3.63) is 40.9 Å². The Hall–Kier alpha value is -0.790. The largest absolute Gasteiger partial charge is 0.374 e. The van der Waals surface area contributed by atoms with Gasteiger partial charge in [-0.25, -0.2) is 0 Å². The van der Waals surface area contributed by atoms with Crippen molar-refractivity contribution >= 4 is 17.7 Å². The SMILES string of the molecule is Clc1ccc(/C=C\C2CCCO2)cc1. The predicted octanol–water partition coefficient (Wildman–Crippen LogP) is 3.53. The van der Waals surface area contributed by atoms with Crippen molar-refractivity contribution < 1.29 is 4.74 Å². The first-order chi connectivity index (χ1) is 6.84. The molecule has 1 atom stereocenters. The summed E-state index contributed by atoms with van der Waals surface area (Å²) < 4.78 is 5.49. The minimum absolute atomic E-state index is 0.311. The van der Waals surface area contributed by atoms with E-state index in [1.54, 1.807) is 0 Å². The van der Waals surface area contributed by atoms with Crippen LogP contribution in [0.25, 0.3) is 6.08 Å². The summed E-state index contributed by atoms with van der Waals surface area (Å²) in [6.45, 7) is 0.898. The van der Waals surface area contributed by atoms with Gasteiger partial charge < -0.3 is 4.74 Å². The Labute approximate surface area is 89.3 Å². The third-order valence-electron chi connectivity index (χ3n) is 2.34. The van der Waals surface area contributed by atoms with E-state index in [1.807, 2.05) is 24.3 Å². The Morgan fingerprint density at radius 2 is 2.07 bits per heavy atom. The first kappa shape index (κ1) is 9.75. The zero-order valence-corrected chi connectivity index (χ0v) is 8.70. The third kappa shape index (κ3) is 2.60. The van der Waals surface area contributed by atoms with Gasteiger partial charge in [-0.15, -0.1) is 0 Å². The van der Waals surface area contributed by atoms with Gasteiger partial charge in [-0.05, 0) is 30.5 Å². The average molecular weight is 209 g/mol. The fraction of sp³-hybridized carbons (Fsp3) is 0.333. The zero-order chi connectivity index (χ0) is 9.80. The molecule has 0 amide bonds. The van der Waals surface area contributed by atoms with Gasteiger partial charge >= 0.3 is 0 Å². The monoisotopic (exact) mass is 208 g/mol. The molecule has 0 bridgehead atoms. The highest BCUT2D eigenvalue weighted by Gasteiger charge is 2.10. The highest BCUT2D eigenvalue weighted by atomic mass is 35.5. The molecule has 0 aliphatic carbocycles. The minimum Gasteiger partial charge on any atom is -0.374 e. The quantitative estimate of drug-likeness (QED) is 0.723. The lowest BCUT2D eigenvalue weighted by Crippen LogP contribution is -1.98. The first-order valence-electron chi connectivity index (χ1n) is 4.90. The van der Waals surface area contributed by atoms with Crippen LogP contribution in [0, 0.1) is 0 Å². The van der Waals surface area contributed by atoms with E-state index in [1.165, 1.54) is 12.0 Å². The van der Waals surface area contributed by atoms with E-state index in [0.717, 1.165) is 18.1 Å². The van der Waals surface area contributed by atoms with E-state index in [-0.39, 0.29) is 0 Å². The van der Waals surface area contributed by atoms with E-state index in [9.17, 15) is 0 Å². The topological polar surface area (TPSA) is 9.23 Å². The molecule has 1 aromatic carbocycles. The molecule has 2 rings (SSSR count). The number of hydrogen-bond acceptors (Lipinski definition) is 1. The average Bonchev–Trinajstić information content (AvgIpc) is 2.70. The number of hydrogen-bond donors (Lipinski definition) is 0. The van der Waals surface area contributed by atoms with E-state index >= 15 is 0 Å². The summed E-state index contributed by atoms with van der Waals surface area (Å²) in [5.41, 5.74) is 1.17. The number of halogens is 1. The Bertz CT molecular complexity index is 310. The van der Waals surface area contributed by atoms with Crippen molar-refractivity contribution in [3.63, 3.8) is 0 Å². The Kier molecular flexibility index (Phi) is 3.22. The summed E-state index contributed by atoms with van der Waals surface area (Å²) in [4.78, 5) is 0. The minimum atomic E-state index is 0.311. The lowest BCUT2D eigenvalue weighted by atomic mass is 10.1. The molecule has 0 radical (unpaired) electrons. The first-order valence-corrected chi connectivity index (χ1v) is 5.28. The van der Waals surface area contributed by atoms with Crippen molar-refractivity contribution in [3.8, 4) is 0 Å². The van der Waals surface area contributed by atoms with Crippen LogP contribution in [0.4, 0.5) is 0 Å². The molecule has 0 aromatic heterocycles. The molecule has 1 fully saturated rings. The van der Waals surface area contributed by atoms with Crippen LogP contribution in [0.2, 0.25) is 5.02 Å². The zero-order valence-electron chi connectivity index (χ0n) is 7.95. The summed E-state index contributed by atoms with van der Waals surface area (Å²) in [6, 6.07) is 7.81. The summed E-state index contributed by atoms with van der Waals surface area (Å²) in [5, 5.41) is 0.777. The van der Waals surface area contributed by atoms with E-state index in [4.69, 9.17) is 16.3 Å². The highest BCUT2D eigenvalue weighted by Crippen LogP contribution is 2.15. The van der Waals surface area contributed by atoms with Crippen molar-refractivity contribution in [2.75, 3.05) is 6.61 Å². The molecule has 0 N–H and O–H groups in total. The summed E-state index contributed by atoms with van der Waals surface area (Å²) in [6.07, 6.45) is 6.84. The van der Waals surface area contributed by atoms with Crippen molar-refractivity contribution in [1.82, 2.24) is 0 Å². The molecule has 2 heteroatoms. The maximum atomic E-state index is 5.79. The van der Waals surface area contributed by atoms with E-state index in [0.29, 0.717) is 6.10 Å². The molecule has 1 heterocycles. The standard InChI is InChI=1S/C12H13ClO/c13-11-6-3-10(4-7-11)5-8-12-2-1-9-14-12/h3-8,12H,1-2,9H2/b8-5-. The third-order valence-corrected chi connectivity index (χ3v) is 2.59. The molecule has 1 aliphatic rings. The molecular formula is C12H13ClO. The van der Waals surface area contributed by atoms with Gasteiger partial charge in [-0.3, -0.25) is 0 Å². The molecule has 1 saturated heterocycles. The van der Waals surface area contributed by atoms with Crippen LogP contribution in [0.5, 0.6) is 0 Å². The second-order valence-electron chi connectivity index (χ2n) is 3.46. The molecule has 0 saturated carbocycles. The lowest BCUT2D eigenvalue weighted by Gasteiger charge is -2.01. The molecular weight excluding hydrogens is 196 g/mol. The van der Waals surface area contributed by atoms with Gasteiger partial charge in [0.15, 0.2) is 0 Å². The molecule has 14 heavy (non-hydrogen) atoms. The number of benzene rings is 1. The normalized spacial score (nSPS) is 21.9. The number of rotatable bonds is 2. The Morgan fingerprint density at radius 1 is 1.29 bits per heavy atom. The van der Waals surface area contributed by atoms with Crippen LogP contribution in [0.15, 0.2) is 30.3 Å². The lowest BCUT2D eigenvalue weighted by molar-refractivity contribution is 0.146. The smallest absolute Gasteiger partial charge is 0.0759 e. The van der Waals surface area contributed by atoms with Crippen molar-refractivity contribution in [1.29, 1.82) is 0 Å². The van der Waals surface area contributed by atoms with Gasteiger partial charge in [0.2, 0.25) is 0 Å². The summed E-state index contributed by atoms with van der Waals surface area (Å²) >= 11 is 5.79. The molecule has 1 unspecified atom stereocenters. The van der Waals surface area contributed by atoms with Crippen LogP contribution in [0.3, 0.4) is 0 Å². The second kappa shape index (κ2) is 4.63. The molecule has 1 aromatic rings. The summed E-state index contributed by atoms with van der Waals surface area (Å²) in [7, 11) is 0. The van der Waals surface area contributed by atoms with Crippen LogP contribution < -0.4 is 0 Å². The van der Waals surface area contributed by atoms with Crippen LogP contribution in [0.1, 0.15) is 18.4 Å². The highest BCUT2D eigenvalue weighted by molar-refractivity contribution is 6.30. The molecule has 1 aliphatic heterocycles. The van der Waals surface area contributed by atoms with E-state index in [2.05, 4.69) is 12.2 Å². The van der Waals surface area contributed by atoms with Gasteiger partial charge in [0.25, 0.3) is 0 Å².